The van der Waals surface area contributed by atoms with E-state index in [1.54, 1.807) is 0 Å². The molecule has 4 heteroatoms. The average Bonchev–Trinajstić information content (AvgIpc) is 3.01. The summed E-state index contributed by atoms with van der Waals surface area (Å²) < 4.78 is 0. The van der Waals surface area contributed by atoms with E-state index in [4.69, 9.17) is 0 Å². The van der Waals surface area contributed by atoms with Gasteiger partial charge in [-0.15, -0.1) is 0 Å². The Kier molecular flexibility index (Phi) is 3.98. The molecular formula is C19H19N3O. The summed E-state index contributed by atoms with van der Waals surface area (Å²) in [4.78, 5) is 22.5. The first-order valence-corrected chi connectivity index (χ1v) is 7.50. The molecule has 0 bridgehead atoms. The number of carbonyl (C=O) groups excluding carboxylic acids is 1. The number of H-pyrrole nitrogens is 1. The molecule has 3 aromatic rings. The average molecular weight is 305 g/mol. The number of rotatable bonds is 4. The summed E-state index contributed by atoms with van der Waals surface area (Å²) in [6, 6.07) is 17.3. The molecule has 4 nitrogen and oxygen atoms in total. The van der Waals surface area contributed by atoms with E-state index in [1.807, 2.05) is 80.5 Å². The van der Waals surface area contributed by atoms with Crippen LogP contribution >= 0.6 is 0 Å². The standard InChI is InChI=1S/C19H19N3O/c1-13-9-11-15(12-10-13)18(23)17-16(14-7-5-4-6-8-14)20-19(21-17)22(2)3/h4-12H,1-3H3,(H,20,21). The first-order chi connectivity index (χ1) is 11.1. The summed E-state index contributed by atoms with van der Waals surface area (Å²) >= 11 is 0. The monoisotopic (exact) mass is 305 g/mol. The van der Waals surface area contributed by atoms with Crippen LogP contribution in [0.4, 0.5) is 5.95 Å². The third-order valence-electron chi connectivity index (χ3n) is 3.70. The van der Waals surface area contributed by atoms with E-state index < -0.39 is 0 Å². The second-order valence-electron chi connectivity index (χ2n) is 5.74. The second-order valence-corrected chi connectivity index (χ2v) is 5.74. The lowest BCUT2D eigenvalue weighted by Crippen LogP contribution is -2.10. The summed E-state index contributed by atoms with van der Waals surface area (Å²) in [6.07, 6.45) is 0. The van der Waals surface area contributed by atoms with Gasteiger partial charge in [0.25, 0.3) is 0 Å². The van der Waals surface area contributed by atoms with Crippen molar-refractivity contribution >= 4 is 11.7 Å². The fourth-order valence-electron chi connectivity index (χ4n) is 2.39. The SMILES string of the molecule is Cc1ccc(C(=O)c2[nH]c(N(C)C)nc2-c2ccccc2)cc1. The topological polar surface area (TPSA) is 49.0 Å². The zero-order valence-electron chi connectivity index (χ0n) is 13.5. The van der Waals surface area contributed by atoms with Crippen LogP contribution in [0.5, 0.6) is 0 Å². The number of benzene rings is 2. The second kappa shape index (κ2) is 6.08. The molecule has 0 aliphatic carbocycles. The molecule has 3 rings (SSSR count). The predicted molar refractivity (Wildman–Crippen MR) is 93.0 cm³/mol. The fraction of sp³-hybridized carbons (Fsp3) is 0.158. The minimum absolute atomic E-state index is 0.0514. The normalized spacial score (nSPS) is 10.6. The minimum Gasteiger partial charge on any atom is -0.349 e. The van der Waals surface area contributed by atoms with Crippen molar-refractivity contribution in [2.24, 2.45) is 0 Å². The van der Waals surface area contributed by atoms with Gasteiger partial charge >= 0.3 is 0 Å². The van der Waals surface area contributed by atoms with Gasteiger partial charge in [-0.1, -0.05) is 60.2 Å². The summed E-state index contributed by atoms with van der Waals surface area (Å²) in [5.41, 5.74) is 3.90. The molecule has 0 fully saturated rings. The highest BCUT2D eigenvalue weighted by atomic mass is 16.1. The molecule has 1 N–H and O–H groups in total. The molecule has 2 aromatic carbocycles. The maximum absolute atomic E-state index is 12.9. The van der Waals surface area contributed by atoms with Crippen LogP contribution in [0.3, 0.4) is 0 Å². The van der Waals surface area contributed by atoms with Crippen molar-refractivity contribution < 1.29 is 4.79 Å². The van der Waals surface area contributed by atoms with Gasteiger partial charge in [-0.05, 0) is 6.92 Å². The molecule has 0 saturated carbocycles. The highest BCUT2D eigenvalue weighted by Crippen LogP contribution is 2.26. The molecule has 0 saturated heterocycles. The highest BCUT2D eigenvalue weighted by molar-refractivity contribution is 6.11. The van der Waals surface area contributed by atoms with Gasteiger partial charge in [-0.2, -0.15) is 0 Å². The maximum atomic E-state index is 12.9. The summed E-state index contributed by atoms with van der Waals surface area (Å²) in [7, 11) is 3.79. The Hall–Kier alpha value is -2.88. The van der Waals surface area contributed by atoms with Gasteiger partial charge in [-0.3, -0.25) is 4.79 Å². The molecule has 0 radical (unpaired) electrons. The van der Waals surface area contributed by atoms with Crippen LogP contribution in [0.1, 0.15) is 21.6 Å². The van der Waals surface area contributed by atoms with Crippen molar-refractivity contribution in [3.8, 4) is 11.3 Å². The fourth-order valence-corrected chi connectivity index (χ4v) is 2.39. The number of nitrogens with one attached hydrogen (secondary N) is 1. The number of anilines is 1. The van der Waals surface area contributed by atoms with Gasteiger partial charge in [-0.25, -0.2) is 4.98 Å². The third-order valence-corrected chi connectivity index (χ3v) is 3.70. The minimum atomic E-state index is -0.0514. The van der Waals surface area contributed by atoms with Crippen LogP contribution in [-0.4, -0.2) is 29.8 Å². The predicted octanol–water partition coefficient (Wildman–Crippen LogP) is 3.68. The van der Waals surface area contributed by atoms with Crippen LogP contribution in [0, 0.1) is 6.92 Å². The van der Waals surface area contributed by atoms with Gasteiger partial charge in [0.15, 0.2) is 0 Å². The number of carbonyl (C=O) groups is 1. The molecule has 0 atom stereocenters. The quantitative estimate of drug-likeness (QED) is 0.748. The van der Waals surface area contributed by atoms with Gasteiger partial charge in [0.05, 0.1) is 0 Å². The molecule has 23 heavy (non-hydrogen) atoms. The van der Waals surface area contributed by atoms with E-state index in [9.17, 15) is 4.79 Å². The van der Waals surface area contributed by atoms with Gasteiger partial charge in [0, 0.05) is 25.2 Å². The van der Waals surface area contributed by atoms with Crippen molar-refractivity contribution in [1.82, 2.24) is 9.97 Å². The number of aromatic nitrogens is 2. The molecule has 1 aromatic heterocycles. The lowest BCUT2D eigenvalue weighted by Gasteiger charge is -2.06. The van der Waals surface area contributed by atoms with Gasteiger partial charge in [0.2, 0.25) is 11.7 Å². The Morgan fingerprint density at radius 3 is 2.26 bits per heavy atom. The lowest BCUT2D eigenvalue weighted by atomic mass is 10.0. The third kappa shape index (κ3) is 3.01. The number of hydrogen-bond acceptors (Lipinski definition) is 3. The van der Waals surface area contributed by atoms with Crippen molar-refractivity contribution in [3.05, 3.63) is 71.4 Å². The van der Waals surface area contributed by atoms with Crippen LogP contribution in [0.25, 0.3) is 11.3 Å². The van der Waals surface area contributed by atoms with Crippen molar-refractivity contribution in [2.45, 2.75) is 6.92 Å². The van der Waals surface area contributed by atoms with E-state index in [0.29, 0.717) is 22.9 Å². The number of ketones is 1. The van der Waals surface area contributed by atoms with Crippen LogP contribution < -0.4 is 4.90 Å². The molecule has 0 aliphatic heterocycles. The Balaban J connectivity index is 2.10. The lowest BCUT2D eigenvalue weighted by molar-refractivity contribution is 0.103. The molecule has 1 heterocycles. The van der Waals surface area contributed by atoms with Crippen molar-refractivity contribution in [3.63, 3.8) is 0 Å². The highest BCUT2D eigenvalue weighted by Gasteiger charge is 2.20. The number of imidazole rings is 1. The smallest absolute Gasteiger partial charge is 0.211 e. The first-order valence-electron chi connectivity index (χ1n) is 7.50. The Morgan fingerprint density at radius 1 is 1.00 bits per heavy atom. The first kappa shape index (κ1) is 15.0. The molecule has 0 aliphatic rings. The van der Waals surface area contributed by atoms with Crippen molar-refractivity contribution in [2.75, 3.05) is 19.0 Å². The van der Waals surface area contributed by atoms with Crippen LogP contribution in [-0.2, 0) is 0 Å². The summed E-state index contributed by atoms with van der Waals surface area (Å²) in [5, 5.41) is 0. The van der Waals surface area contributed by atoms with E-state index in [-0.39, 0.29) is 5.78 Å². The molecular weight excluding hydrogens is 286 g/mol. The molecule has 0 unspecified atom stereocenters. The molecule has 0 spiro atoms. The molecule has 0 amide bonds. The van der Waals surface area contributed by atoms with E-state index >= 15 is 0 Å². The summed E-state index contributed by atoms with van der Waals surface area (Å²) in [5.74, 6) is 0.615. The number of aryl methyl sites for hydroxylation is 1. The number of hydrogen-bond donors (Lipinski definition) is 1. The maximum Gasteiger partial charge on any atom is 0.211 e. The van der Waals surface area contributed by atoms with Gasteiger partial charge < -0.3 is 9.88 Å². The Labute approximate surface area is 135 Å². The van der Waals surface area contributed by atoms with Crippen LogP contribution in [0.15, 0.2) is 54.6 Å². The number of aromatic amines is 1. The van der Waals surface area contributed by atoms with Crippen molar-refractivity contribution in [1.29, 1.82) is 0 Å². The zero-order chi connectivity index (χ0) is 16.4. The zero-order valence-corrected chi connectivity index (χ0v) is 13.5. The Bertz CT molecular complexity index is 818. The summed E-state index contributed by atoms with van der Waals surface area (Å²) in [6.45, 7) is 2.00. The molecule has 116 valence electrons. The Morgan fingerprint density at radius 2 is 1.65 bits per heavy atom. The van der Waals surface area contributed by atoms with E-state index in [1.165, 1.54) is 0 Å². The van der Waals surface area contributed by atoms with E-state index in [2.05, 4.69) is 9.97 Å². The largest absolute Gasteiger partial charge is 0.349 e. The van der Waals surface area contributed by atoms with E-state index in [0.717, 1.165) is 11.1 Å². The number of nitrogens with zero attached hydrogens (tertiary/aromatic N) is 2. The van der Waals surface area contributed by atoms with Gasteiger partial charge in [0.1, 0.15) is 11.4 Å². The van der Waals surface area contributed by atoms with Crippen LogP contribution in [0.2, 0.25) is 0 Å².